The molecule has 0 aromatic carbocycles. The van der Waals surface area contributed by atoms with Gasteiger partial charge in [-0.2, -0.15) is 13.2 Å². The number of unbranched alkanes of at least 4 members (excludes halogenated alkanes) is 3. The Labute approximate surface area is 122 Å². The Kier molecular flexibility index (Phi) is 9.47. The van der Waals surface area contributed by atoms with Crippen molar-refractivity contribution in [3.8, 4) is 0 Å². The van der Waals surface area contributed by atoms with E-state index in [-0.39, 0.29) is 5.54 Å². The monoisotopic (exact) mass is 296 g/mol. The second-order valence-electron chi connectivity index (χ2n) is 6.48. The molecule has 0 heterocycles. The highest BCUT2D eigenvalue weighted by atomic mass is 19.4. The first-order chi connectivity index (χ1) is 9.14. The molecule has 0 saturated heterocycles. The summed E-state index contributed by atoms with van der Waals surface area (Å²) in [5, 5.41) is 3.41. The van der Waals surface area contributed by atoms with Crippen LogP contribution in [-0.4, -0.2) is 42.8 Å². The van der Waals surface area contributed by atoms with Crippen molar-refractivity contribution in [1.29, 1.82) is 0 Å². The van der Waals surface area contributed by atoms with E-state index in [9.17, 15) is 13.2 Å². The molecule has 0 aliphatic heterocycles. The van der Waals surface area contributed by atoms with Gasteiger partial charge in [0.25, 0.3) is 0 Å². The van der Waals surface area contributed by atoms with E-state index in [2.05, 4.69) is 26.1 Å². The third-order valence-corrected chi connectivity index (χ3v) is 3.00. The summed E-state index contributed by atoms with van der Waals surface area (Å²) in [6.07, 6.45) is 0.715. The predicted octanol–water partition coefficient (Wildman–Crippen LogP) is 4.21. The Balaban J connectivity index is 3.64. The smallest absolute Gasteiger partial charge is 0.312 e. The van der Waals surface area contributed by atoms with Crippen LogP contribution in [0.1, 0.15) is 59.8 Å². The van der Waals surface area contributed by atoms with Gasteiger partial charge in [0.2, 0.25) is 0 Å². The molecule has 2 nitrogen and oxygen atoms in total. The zero-order valence-corrected chi connectivity index (χ0v) is 13.4. The molecule has 0 spiro atoms. The fourth-order valence-electron chi connectivity index (χ4n) is 2.12. The molecule has 0 amide bonds. The number of nitrogens with zero attached hydrogens (tertiary/aromatic N) is 1. The maximum absolute atomic E-state index is 12.4. The molecule has 0 unspecified atom stereocenters. The van der Waals surface area contributed by atoms with Crippen molar-refractivity contribution in [1.82, 2.24) is 10.2 Å². The zero-order chi connectivity index (χ0) is 15.6. The van der Waals surface area contributed by atoms with Gasteiger partial charge in [-0.25, -0.2) is 0 Å². The number of halogens is 3. The Morgan fingerprint density at radius 2 is 1.50 bits per heavy atom. The minimum Gasteiger partial charge on any atom is -0.312 e. The molecule has 122 valence electrons. The molecule has 0 radical (unpaired) electrons. The second kappa shape index (κ2) is 9.61. The lowest BCUT2D eigenvalue weighted by molar-refractivity contribution is -0.146. The van der Waals surface area contributed by atoms with Crippen molar-refractivity contribution in [2.75, 3.05) is 26.2 Å². The number of hydrogen-bond acceptors (Lipinski definition) is 2. The number of hydrogen-bond donors (Lipinski definition) is 1. The van der Waals surface area contributed by atoms with Gasteiger partial charge >= 0.3 is 6.18 Å². The SMILES string of the molecule is CCCN(CCCCCCNC(C)(C)C)CC(F)(F)F. The van der Waals surface area contributed by atoms with Crippen LogP contribution in [0.2, 0.25) is 0 Å². The summed E-state index contributed by atoms with van der Waals surface area (Å²) < 4.78 is 37.1. The fourth-order valence-corrected chi connectivity index (χ4v) is 2.12. The van der Waals surface area contributed by atoms with Crippen LogP contribution >= 0.6 is 0 Å². The van der Waals surface area contributed by atoms with Crippen LogP contribution < -0.4 is 5.32 Å². The minimum atomic E-state index is -4.08. The number of nitrogens with one attached hydrogen (secondary N) is 1. The van der Waals surface area contributed by atoms with Gasteiger partial charge < -0.3 is 5.32 Å². The van der Waals surface area contributed by atoms with E-state index >= 15 is 0 Å². The highest BCUT2D eigenvalue weighted by molar-refractivity contribution is 4.69. The van der Waals surface area contributed by atoms with Gasteiger partial charge in [-0.3, -0.25) is 4.90 Å². The normalized spacial score (nSPS) is 13.2. The Hall–Kier alpha value is -0.290. The molecule has 0 aliphatic carbocycles. The summed E-state index contributed by atoms with van der Waals surface area (Å²) in [6.45, 7) is 9.61. The van der Waals surface area contributed by atoms with Gasteiger partial charge in [0.1, 0.15) is 0 Å². The van der Waals surface area contributed by atoms with E-state index in [1.54, 1.807) is 0 Å². The van der Waals surface area contributed by atoms with Crippen LogP contribution in [0.15, 0.2) is 0 Å². The first-order valence-electron chi connectivity index (χ1n) is 7.68. The first-order valence-corrected chi connectivity index (χ1v) is 7.68. The van der Waals surface area contributed by atoms with Gasteiger partial charge in [-0.05, 0) is 59.7 Å². The van der Waals surface area contributed by atoms with Gasteiger partial charge in [-0.1, -0.05) is 19.8 Å². The van der Waals surface area contributed by atoms with Crippen LogP contribution in [0.25, 0.3) is 0 Å². The van der Waals surface area contributed by atoms with Gasteiger partial charge in [-0.15, -0.1) is 0 Å². The molecule has 0 aromatic heterocycles. The molecule has 1 N–H and O–H groups in total. The Bertz CT molecular complexity index is 234. The maximum atomic E-state index is 12.4. The van der Waals surface area contributed by atoms with E-state index in [1.807, 2.05) is 6.92 Å². The summed E-state index contributed by atoms with van der Waals surface area (Å²) in [5.74, 6) is 0. The average molecular weight is 296 g/mol. The zero-order valence-electron chi connectivity index (χ0n) is 13.4. The van der Waals surface area contributed by atoms with Crippen molar-refractivity contribution in [3.05, 3.63) is 0 Å². The topological polar surface area (TPSA) is 15.3 Å². The Morgan fingerprint density at radius 1 is 0.900 bits per heavy atom. The summed E-state index contributed by atoms with van der Waals surface area (Å²) in [5.41, 5.74) is 0.143. The van der Waals surface area contributed by atoms with E-state index in [4.69, 9.17) is 0 Å². The van der Waals surface area contributed by atoms with Crippen LogP contribution in [0, 0.1) is 0 Å². The van der Waals surface area contributed by atoms with Crippen molar-refractivity contribution in [3.63, 3.8) is 0 Å². The summed E-state index contributed by atoms with van der Waals surface area (Å²) in [7, 11) is 0. The third kappa shape index (κ3) is 14.1. The molecule has 0 aromatic rings. The first kappa shape index (κ1) is 19.7. The summed E-state index contributed by atoms with van der Waals surface area (Å²) in [4.78, 5) is 1.52. The highest BCUT2D eigenvalue weighted by Gasteiger charge is 2.29. The molecule has 0 aliphatic rings. The maximum Gasteiger partial charge on any atom is 0.401 e. The molecular formula is C15H31F3N2. The lowest BCUT2D eigenvalue weighted by atomic mass is 10.1. The van der Waals surface area contributed by atoms with E-state index in [0.29, 0.717) is 13.1 Å². The van der Waals surface area contributed by atoms with E-state index < -0.39 is 12.7 Å². The third-order valence-electron chi connectivity index (χ3n) is 3.00. The average Bonchev–Trinajstić information content (AvgIpc) is 2.24. The molecular weight excluding hydrogens is 265 g/mol. The highest BCUT2D eigenvalue weighted by Crippen LogP contribution is 2.17. The largest absolute Gasteiger partial charge is 0.401 e. The molecule has 0 rings (SSSR count). The summed E-state index contributed by atoms with van der Waals surface area (Å²) >= 11 is 0. The summed E-state index contributed by atoms with van der Waals surface area (Å²) in [6, 6.07) is 0. The van der Waals surface area contributed by atoms with Crippen LogP contribution in [0.4, 0.5) is 13.2 Å². The lowest BCUT2D eigenvalue weighted by Crippen LogP contribution is -2.36. The molecule has 0 fully saturated rings. The molecule has 20 heavy (non-hydrogen) atoms. The molecule has 0 bridgehead atoms. The molecule has 0 saturated carbocycles. The van der Waals surface area contributed by atoms with Crippen LogP contribution in [0.3, 0.4) is 0 Å². The van der Waals surface area contributed by atoms with Crippen molar-refractivity contribution in [2.24, 2.45) is 0 Å². The standard InChI is InChI=1S/C15H31F3N2/c1-5-11-20(13-15(16,17)18)12-9-7-6-8-10-19-14(2,3)4/h19H,5-13H2,1-4H3. The van der Waals surface area contributed by atoms with Crippen molar-refractivity contribution in [2.45, 2.75) is 71.5 Å². The van der Waals surface area contributed by atoms with Crippen LogP contribution in [0.5, 0.6) is 0 Å². The van der Waals surface area contributed by atoms with E-state index in [0.717, 1.165) is 38.6 Å². The van der Waals surface area contributed by atoms with Crippen molar-refractivity contribution < 1.29 is 13.2 Å². The molecule has 0 atom stereocenters. The van der Waals surface area contributed by atoms with Crippen LogP contribution in [-0.2, 0) is 0 Å². The molecule has 5 heteroatoms. The number of rotatable bonds is 10. The quantitative estimate of drug-likeness (QED) is 0.608. The predicted molar refractivity (Wildman–Crippen MR) is 79.0 cm³/mol. The fraction of sp³-hybridized carbons (Fsp3) is 1.00. The van der Waals surface area contributed by atoms with Crippen molar-refractivity contribution >= 4 is 0 Å². The van der Waals surface area contributed by atoms with Gasteiger partial charge in [0.15, 0.2) is 0 Å². The van der Waals surface area contributed by atoms with Gasteiger partial charge in [0, 0.05) is 5.54 Å². The number of alkyl halides is 3. The van der Waals surface area contributed by atoms with Gasteiger partial charge in [0.05, 0.1) is 6.54 Å². The second-order valence-corrected chi connectivity index (χ2v) is 6.48. The van der Waals surface area contributed by atoms with E-state index in [1.165, 1.54) is 4.90 Å². The Morgan fingerprint density at radius 3 is 2.00 bits per heavy atom. The minimum absolute atomic E-state index is 0.143. The lowest BCUT2D eigenvalue weighted by Gasteiger charge is -2.23.